The van der Waals surface area contributed by atoms with Crippen molar-refractivity contribution in [3.8, 4) is 11.5 Å². The van der Waals surface area contributed by atoms with E-state index in [0.717, 1.165) is 0 Å². The van der Waals surface area contributed by atoms with Gasteiger partial charge in [-0.3, -0.25) is 14.9 Å². The van der Waals surface area contributed by atoms with E-state index in [1.165, 1.54) is 30.5 Å². The van der Waals surface area contributed by atoms with Crippen molar-refractivity contribution < 1.29 is 9.66 Å². The molecule has 0 amide bonds. The van der Waals surface area contributed by atoms with Gasteiger partial charge in [-0.25, -0.2) is 5.10 Å². The lowest BCUT2D eigenvalue weighted by atomic mass is 10.3. The van der Waals surface area contributed by atoms with E-state index < -0.39 is 10.5 Å². The highest BCUT2D eigenvalue weighted by atomic mass is 79.9. The molecule has 1 N–H and O–H groups in total. The first-order chi connectivity index (χ1) is 8.58. The van der Waals surface area contributed by atoms with E-state index in [4.69, 9.17) is 4.74 Å². The number of non-ortho nitro benzene ring substituents is 1. The van der Waals surface area contributed by atoms with Gasteiger partial charge in [0.05, 0.1) is 11.1 Å². The molecule has 1 aromatic heterocycles. The van der Waals surface area contributed by atoms with Crippen LogP contribution in [-0.4, -0.2) is 15.1 Å². The maximum atomic E-state index is 11.2. The number of nitro groups is 1. The van der Waals surface area contributed by atoms with Crippen LogP contribution in [0.3, 0.4) is 0 Å². The largest absolute Gasteiger partial charge is 0.454 e. The molecule has 7 nitrogen and oxygen atoms in total. The third kappa shape index (κ3) is 2.54. The molecule has 92 valence electrons. The van der Waals surface area contributed by atoms with E-state index in [9.17, 15) is 14.9 Å². The number of nitrogens with one attached hydrogen (secondary N) is 1. The van der Waals surface area contributed by atoms with Crippen molar-refractivity contribution in [1.29, 1.82) is 0 Å². The molecular formula is C10H6BrN3O4. The van der Waals surface area contributed by atoms with Gasteiger partial charge < -0.3 is 4.74 Å². The number of rotatable bonds is 3. The predicted molar refractivity (Wildman–Crippen MR) is 65.7 cm³/mol. The van der Waals surface area contributed by atoms with E-state index in [1.54, 1.807) is 0 Å². The zero-order valence-corrected chi connectivity index (χ0v) is 10.4. The summed E-state index contributed by atoms with van der Waals surface area (Å²) in [5, 5.41) is 16.3. The number of hydrogen-bond donors (Lipinski definition) is 1. The number of benzene rings is 1. The first-order valence-electron chi connectivity index (χ1n) is 4.73. The molecule has 0 spiro atoms. The maximum absolute atomic E-state index is 11.2. The van der Waals surface area contributed by atoms with Gasteiger partial charge in [0.1, 0.15) is 10.2 Å². The van der Waals surface area contributed by atoms with Gasteiger partial charge in [0, 0.05) is 12.1 Å². The SMILES string of the molecule is O=c1[nH]ncc(Oc2ccc([N+](=O)[O-])cc2)c1Br. The fourth-order valence-electron chi connectivity index (χ4n) is 1.20. The second-order valence-corrected chi connectivity index (χ2v) is 4.02. The molecule has 0 bridgehead atoms. The number of halogens is 1. The minimum absolute atomic E-state index is 0.0366. The number of nitrogens with zero attached hydrogens (tertiary/aromatic N) is 2. The number of H-pyrrole nitrogens is 1. The molecule has 8 heteroatoms. The van der Waals surface area contributed by atoms with Crippen LogP contribution in [0, 0.1) is 10.1 Å². The van der Waals surface area contributed by atoms with E-state index >= 15 is 0 Å². The second-order valence-electron chi connectivity index (χ2n) is 3.23. The van der Waals surface area contributed by atoms with Crippen molar-refractivity contribution in [3.05, 3.63) is 55.4 Å². The van der Waals surface area contributed by atoms with Crippen molar-refractivity contribution in [2.75, 3.05) is 0 Å². The molecule has 0 unspecified atom stereocenters. The van der Waals surface area contributed by atoms with Crippen molar-refractivity contribution in [3.63, 3.8) is 0 Å². The van der Waals surface area contributed by atoms with Crippen LogP contribution in [0.2, 0.25) is 0 Å². The minimum atomic E-state index is -0.505. The van der Waals surface area contributed by atoms with Crippen LogP contribution >= 0.6 is 15.9 Å². The van der Waals surface area contributed by atoms with E-state index in [0.29, 0.717) is 5.75 Å². The average Bonchev–Trinajstić information content (AvgIpc) is 2.36. The molecule has 0 fully saturated rings. The number of hydrogen-bond acceptors (Lipinski definition) is 5. The van der Waals surface area contributed by atoms with E-state index in [-0.39, 0.29) is 15.9 Å². The van der Waals surface area contributed by atoms with Gasteiger partial charge in [-0.1, -0.05) is 0 Å². The van der Waals surface area contributed by atoms with Gasteiger partial charge in [-0.2, -0.15) is 5.10 Å². The molecule has 0 aliphatic carbocycles. The van der Waals surface area contributed by atoms with Crippen LogP contribution < -0.4 is 10.3 Å². The minimum Gasteiger partial charge on any atom is -0.454 e. The molecule has 1 heterocycles. The molecule has 1 aromatic carbocycles. The number of aromatic amines is 1. The number of aromatic nitrogens is 2. The summed E-state index contributed by atoms with van der Waals surface area (Å²) in [6, 6.07) is 5.49. The lowest BCUT2D eigenvalue weighted by Gasteiger charge is -2.05. The molecule has 2 aromatic rings. The Kier molecular flexibility index (Phi) is 3.38. The summed E-state index contributed by atoms with van der Waals surface area (Å²) in [4.78, 5) is 21.2. The molecule has 0 atom stereocenters. The van der Waals surface area contributed by atoms with Crippen molar-refractivity contribution in [1.82, 2.24) is 10.2 Å². The van der Waals surface area contributed by atoms with E-state index in [2.05, 4.69) is 26.1 Å². The summed E-state index contributed by atoms with van der Waals surface area (Å²) in [6.07, 6.45) is 1.33. The topological polar surface area (TPSA) is 98.1 Å². The van der Waals surface area contributed by atoms with Gasteiger partial charge in [0.25, 0.3) is 11.2 Å². The van der Waals surface area contributed by atoms with Crippen LogP contribution in [0.1, 0.15) is 0 Å². The first kappa shape index (κ1) is 12.2. The lowest BCUT2D eigenvalue weighted by Crippen LogP contribution is -2.09. The van der Waals surface area contributed by atoms with Gasteiger partial charge in [0.2, 0.25) is 0 Å². The van der Waals surface area contributed by atoms with E-state index in [1.807, 2.05) is 0 Å². The Morgan fingerprint density at radius 2 is 2.00 bits per heavy atom. The monoisotopic (exact) mass is 311 g/mol. The van der Waals surface area contributed by atoms with Crippen LogP contribution in [-0.2, 0) is 0 Å². The quantitative estimate of drug-likeness (QED) is 0.692. The average molecular weight is 312 g/mol. The predicted octanol–water partition coefficient (Wildman–Crippen LogP) is 2.23. The molecule has 0 aliphatic rings. The zero-order chi connectivity index (χ0) is 13.1. The summed E-state index contributed by atoms with van der Waals surface area (Å²) < 4.78 is 5.58. The zero-order valence-electron chi connectivity index (χ0n) is 8.79. The Morgan fingerprint density at radius 1 is 1.33 bits per heavy atom. The van der Waals surface area contributed by atoms with Crippen LogP contribution in [0.25, 0.3) is 0 Å². The summed E-state index contributed by atoms with van der Waals surface area (Å²) in [6.45, 7) is 0. The Morgan fingerprint density at radius 3 is 2.61 bits per heavy atom. The standard InChI is InChI=1S/C10H6BrN3O4/c11-9-8(5-12-13-10(9)15)18-7-3-1-6(2-4-7)14(16)17/h1-5H,(H,13,15). The smallest absolute Gasteiger partial charge is 0.282 e. The third-order valence-electron chi connectivity index (χ3n) is 2.04. The van der Waals surface area contributed by atoms with Crippen molar-refractivity contribution >= 4 is 21.6 Å². The summed E-state index contributed by atoms with van der Waals surface area (Å²) >= 11 is 3.06. The highest BCUT2D eigenvalue weighted by Gasteiger charge is 2.09. The fourth-order valence-corrected chi connectivity index (χ4v) is 1.47. The Hall–Kier alpha value is -2.22. The Bertz CT molecular complexity index is 638. The van der Waals surface area contributed by atoms with Crippen molar-refractivity contribution in [2.24, 2.45) is 0 Å². The number of nitro benzene ring substituents is 1. The normalized spacial score (nSPS) is 10.1. The molecular weight excluding hydrogens is 306 g/mol. The third-order valence-corrected chi connectivity index (χ3v) is 2.79. The van der Waals surface area contributed by atoms with Crippen LogP contribution in [0.4, 0.5) is 5.69 Å². The molecule has 0 saturated carbocycles. The Labute approximate surface area is 109 Å². The van der Waals surface area contributed by atoms with Crippen LogP contribution in [0.15, 0.2) is 39.7 Å². The molecule has 0 aliphatic heterocycles. The highest BCUT2D eigenvalue weighted by Crippen LogP contribution is 2.26. The lowest BCUT2D eigenvalue weighted by molar-refractivity contribution is -0.384. The number of ether oxygens (including phenoxy) is 1. The maximum Gasteiger partial charge on any atom is 0.282 e. The summed E-state index contributed by atoms with van der Waals surface area (Å²) in [5.74, 6) is 0.598. The second kappa shape index (κ2) is 4.96. The van der Waals surface area contributed by atoms with Gasteiger partial charge >= 0.3 is 0 Å². The van der Waals surface area contributed by atoms with Gasteiger partial charge in [0.15, 0.2) is 5.75 Å². The first-order valence-corrected chi connectivity index (χ1v) is 5.52. The van der Waals surface area contributed by atoms with Gasteiger partial charge in [-0.05, 0) is 28.1 Å². The van der Waals surface area contributed by atoms with Gasteiger partial charge in [-0.15, -0.1) is 0 Å². The molecule has 2 rings (SSSR count). The molecule has 18 heavy (non-hydrogen) atoms. The molecule has 0 radical (unpaired) electrons. The van der Waals surface area contributed by atoms with Crippen molar-refractivity contribution in [2.45, 2.75) is 0 Å². The summed E-state index contributed by atoms with van der Waals surface area (Å²) in [7, 11) is 0. The highest BCUT2D eigenvalue weighted by molar-refractivity contribution is 9.10. The summed E-state index contributed by atoms with van der Waals surface area (Å²) in [5.41, 5.74) is -0.458. The van der Waals surface area contributed by atoms with Crippen LogP contribution in [0.5, 0.6) is 11.5 Å². The Balaban J connectivity index is 2.26. The molecule has 0 saturated heterocycles. The fraction of sp³-hybridized carbons (Fsp3) is 0.